The topological polar surface area (TPSA) is 78.2 Å². The fourth-order valence-corrected chi connectivity index (χ4v) is 2.94. The lowest BCUT2D eigenvalue weighted by atomic mass is 10.1. The number of hydrogen-bond acceptors (Lipinski definition) is 5. The van der Waals surface area contributed by atoms with E-state index >= 15 is 0 Å². The van der Waals surface area contributed by atoms with Crippen LogP contribution in [0.1, 0.15) is 40.5 Å². The van der Waals surface area contributed by atoms with E-state index in [0.29, 0.717) is 29.2 Å². The molecule has 2 aromatic rings. The molecule has 6 nitrogen and oxygen atoms in total. The number of ether oxygens (including phenoxy) is 1. The van der Waals surface area contributed by atoms with Gasteiger partial charge in [0.1, 0.15) is 11.8 Å². The van der Waals surface area contributed by atoms with E-state index in [2.05, 4.69) is 28.3 Å². The molecule has 1 aromatic heterocycles. The maximum Gasteiger partial charge on any atom is 0.255 e. The number of benzene rings is 1. The molecule has 1 aliphatic rings. The molecule has 7 heteroatoms. The van der Waals surface area contributed by atoms with E-state index in [4.69, 9.17) is 4.74 Å². The quantitative estimate of drug-likeness (QED) is 0.851. The monoisotopic (exact) mass is 386 g/mol. The third-order valence-electron chi connectivity index (χ3n) is 4.31. The summed E-state index contributed by atoms with van der Waals surface area (Å²) in [5.74, 6) is 0.235. The maximum atomic E-state index is 12.5. The van der Waals surface area contributed by atoms with Gasteiger partial charge in [-0.3, -0.25) is 9.78 Å². The Kier molecular flexibility index (Phi) is 7.17. The van der Waals surface area contributed by atoms with Crippen LogP contribution in [0.15, 0.2) is 30.5 Å². The molecule has 0 saturated heterocycles. The number of amides is 1. The Bertz CT molecular complexity index is 864. The molecule has 0 fully saturated rings. The van der Waals surface area contributed by atoms with Crippen LogP contribution in [0, 0.1) is 11.3 Å². The van der Waals surface area contributed by atoms with Crippen molar-refractivity contribution in [2.75, 3.05) is 25.5 Å². The average molecular weight is 387 g/mol. The number of carbonyl (C=O) groups is 1. The smallest absolute Gasteiger partial charge is 0.255 e. The van der Waals surface area contributed by atoms with E-state index in [-0.39, 0.29) is 18.3 Å². The van der Waals surface area contributed by atoms with Crippen LogP contribution < -0.4 is 10.1 Å². The lowest BCUT2D eigenvalue weighted by Gasteiger charge is -2.24. The molecule has 1 aromatic carbocycles. The first kappa shape index (κ1) is 20.7. The number of carbonyl (C=O) groups excluding carboxylic acids is 1. The number of nitrogens with zero attached hydrogens (tertiary/aromatic N) is 3. The molecule has 3 rings (SSSR count). The maximum absolute atomic E-state index is 12.5. The second-order valence-electron chi connectivity index (χ2n) is 6.44. The number of rotatable bonds is 5. The van der Waals surface area contributed by atoms with Gasteiger partial charge in [0.15, 0.2) is 0 Å². The van der Waals surface area contributed by atoms with Gasteiger partial charge in [-0.15, -0.1) is 12.4 Å². The van der Waals surface area contributed by atoms with Crippen molar-refractivity contribution in [3.05, 3.63) is 52.8 Å². The Balaban J connectivity index is 0.00000261. The van der Waals surface area contributed by atoms with Gasteiger partial charge in [0, 0.05) is 30.8 Å². The molecule has 1 amide bonds. The normalized spacial score (nSPS) is 13.1. The van der Waals surface area contributed by atoms with Gasteiger partial charge in [-0.1, -0.05) is 6.92 Å². The number of halogens is 1. The van der Waals surface area contributed by atoms with Gasteiger partial charge in [-0.2, -0.15) is 5.26 Å². The van der Waals surface area contributed by atoms with E-state index in [0.717, 1.165) is 37.2 Å². The number of nitriles is 1. The van der Waals surface area contributed by atoms with Crippen LogP contribution in [0.3, 0.4) is 0 Å². The minimum absolute atomic E-state index is 0. The zero-order chi connectivity index (χ0) is 18.5. The van der Waals surface area contributed by atoms with Crippen molar-refractivity contribution in [2.24, 2.45) is 0 Å². The van der Waals surface area contributed by atoms with Gasteiger partial charge in [-0.05, 0) is 43.3 Å². The largest absolute Gasteiger partial charge is 0.492 e. The van der Waals surface area contributed by atoms with E-state index in [1.807, 2.05) is 13.0 Å². The molecule has 0 spiro atoms. The van der Waals surface area contributed by atoms with Crippen LogP contribution in [0.25, 0.3) is 0 Å². The molecule has 142 valence electrons. The minimum atomic E-state index is -0.269. The predicted octanol–water partition coefficient (Wildman–Crippen LogP) is 3.40. The third kappa shape index (κ3) is 4.97. The summed E-state index contributed by atoms with van der Waals surface area (Å²) in [4.78, 5) is 19.2. The lowest BCUT2D eigenvalue weighted by molar-refractivity contribution is 0.102. The first-order valence-electron chi connectivity index (χ1n) is 8.75. The number of anilines is 1. The van der Waals surface area contributed by atoms with Gasteiger partial charge in [0.2, 0.25) is 0 Å². The van der Waals surface area contributed by atoms with Gasteiger partial charge in [0.05, 0.1) is 24.1 Å². The summed E-state index contributed by atoms with van der Waals surface area (Å²) in [6.07, 6.45) is 3.46. The summed E-state index contributed by atoms with van der Waals surface area (Å²) in [5, 5.41) is 12.2. The average Bonchev–Trinajstić information content (AvgIpc) is 2.65. The van der Waals surface area contributed by atoms with Crippen molar-refractivity contribution < 1.29 is 9.53 Å². The SMILES string of the molecule is CCCOc1ccc(C(=O)Nc2cnc3c(c2)CN(C)CC3)cc1C#N.Cl. The molecule has 0 aliphatic carbocycles. The number of pyridine rings is 1. The van der Waals surface area contributed by atoms with Crippen molar-refractivity contribution in [3.63, 3.8) is 0 Å². The molecular weight excluding hydrogens is 364 g/mol. The Morgan fingerprint density at radius 1 is 1.41 bits per heavy atom. The highest BCUT2D eigenvalue weighted by Crippen LogP contribution is 2.22. The lowest BCUT2D eigenvalue weighted by Crippen LogP contribution is -2.27. The number of likely N-dealkylation sites (N-methyl/N-ethyl adjacent to an activating group) is 1. The van der Waals surface area contributed by atoms with E-state index in [1.54, 1.807) is 24.4 Å². The fourth-order valence-electron chi connectivity index (χ4n) is 2.94. The summed E-state index contributed by atoms with van der Waals surface area (Å²) in [6, 6.07) is 8.95. The predicted molar refractivity (Wildman–Crippen MR) is 106 cm³/mol. The first-order chi connectivity index (χ1) is 12.6. The molecule has 0 unspecified atom stereocenters. The summed E-state index contributed by atoms with van der Waals surface area (Å²) in [5.41, 5.74) is 3.66. The highest BCUT2D eigenvalue weighted by Gasteiger charge is 2.16. The highest BCUT2D eigenvalue weighted by atomic mass is 35.5. The standard InChI is InChI=1S/C20H22N4O2.ClH/c1-3-8-26-19-5-4-14(9-15(19)11-21)20(25)23-17-10-16-13-24(2)7-6-18(16)22-12-17;/h4-5,9-10,12H,3,6-8,13H2,1-2H3,(H,23,25);1H. The molecule has 0 atom stereocenters. The van der Waals surface area contributed by atoms with Crippen molar-refractivity contribution in [3.8, 4) is 11.8 Å². The Morgan fingerprint density at radius 3 is 2.96 bits per heavy atom. The molecule has 27 heavy (non-hydrogen) atoms. The van der Waals surface area contributed by atoms with Crippen LogP contribution in [0.5, 0.6) is 5.75 Å². The van der Waals surface area contributed by atoms with E-state index < -0.39 is 0 Å². The zero-order valence-electron chi connectivity index (χ0n) is 15.5. The van der Waals surface area contributed by atoms with Gasteiger partial charge < -0.3 is 15.0 Å². The highest BCUT2D eigenvalue weighted by molar-refractivity contribution is 6.04. The molecular formula is C20H23ClN4O2. The molecule has 1 aliphatic heterocycles. The van der Waals surface area contributed by atoms with Gasteiger partial charge >= 0.3 is 0 Å². The van der Waals surface area contributed by atoms with Gasteiger partial charge in [-0.25, -0.2) is 0 Å². The summed E-state index contributed by atoms with van der Waals surface area (Å²) >= 11 is 0. The summed E-state index contributed by atoms with van der Waals surface area (Å²) < 4.78 is 5.53. The van der Waals surface area contributed by atoms with E-state index in [9.17, 15) is 10.1 Å². The van der Waals surface area contributed by atoms with Crippen molar-refractivity contribution >= 4 is 24.0 Å². The summed E-state index contributed by atoms with van der Waals surface area (Å²) in [6.45, 7) is 4.36. The molecule has 1 N–H and O–H groups in total. The van der Waals surface area contributed by atoms with Crippen LogP contribution in [-0.2, 0) is 13.0 Å². The molecule has 0 saturated carbocycles. The number of aromatic nitrogens is 1. The fraction of sp³-hybridized carbons (Fsp3) is 0.350. The van der Waals surface area contributed by atoms with Crippen LogP contribution in [-0.4, -0.2) is 36.0 Å². The van der Waals surface area contributed by atoms with Crippen LogP contribution in [0.2, 0.25) is 0 Å². The van der Waals surface area contributed by atoms with Crippen molar-refractivity contribution in [1.82, 2.24) is 9.88 Å². The Labute approximate surface area is 165 Å². The molecule has 2 heterocycles. The summed E-state index contributed by atoms with van der Waals surface area (Å²) in [7, 11) is 2.07. The Hall–Kier alpha value is -2.62. The second-order valence-corrected chi connectivity index (χ2v) is 6.44. The van der Waals surface area contributed by atoms with Crippen molar-refractivity contribution in [2.45, 2.75) is 26.3 Å². The van der Waals surface area contributed by atoms with E-state index in [1.165, 1.54) is 0 Å². The number of hydrogen-bond donors (Lipinski definition) is 1. The molecule has 0 radical (unpaired) electrons. The number of nitrogens with one attached hydrogen (secondary N) is 1. The van der Waals surface area contributed by atoms with Crippen LogP contribution in [0.4, 0.5) is 5.69 Å². The van der Waals surface area contributed by atoms with Gasteiger partial charge in [0.25, 0.3) is 5.91 Å². The van der Waals surface area contributed by atoms with Crippen molar-refractivity contribution in [1.29, 1.82) is 5.26 Å². The zero-order valence-corrected chi connectivity index (χ0v) is 16.3. The minimum Gasteiger partial charge on any atom is -0.492 e. The second kappa shape index (κ2) is 9.36. The van der Waals surface area contributed by atoms with Crippen LogP contribution >= 0.6 is 12.4 Å². The number of fused-ring (bicyclic) bond motifs is 1. The first-order valence-corrected chi connectivity index (χ1v) is 8.75. The Morgan fingerprint density at radius 2 is 2.22 bits per heavy atom. The third-order valence-corrected chi connectivity index (χ3v) is 4.31. The molecule has 0 bridgehead atoms.